The minimum atomic E-state index is -0.123. The molecule has 3 heterocycles. The molecule has 28 heavy (non-hydrogen) atoms. The van der Waals surface area contributed by atoms with E-state index in [0.717, 1.165) is 27.5 Å². The largest absolute Gasteiger partial charge is 0.342 e. The van der Waals surface area contributed by atoms with E-state index in [0.29, 0.717) is 5.13 Å². The maximum Gasteiger partial charge on any atom is 0.245 e. The van der Waals surface area contributed by atoms with Crippen molar-refractivity contribution in [3.63, 3.8) is 0 Å². The molecule has 4 rings (SSSR count). The Balaban J connectivity index is 1.45. The molecule has 0 aliphatic rings. The second-order valence-corrected chi connectivity index (χ2v) is 8.39. The highest BCUT2D eigenvalue weighted by Crippen LogP contribution is 2.32. The lowest BCUT2D eigenvalue weighted by atomic mass is 10.1. The van der Waals surface area contributed by atoms with Crippen molar-refractivity contribution < 1.29 is 4.79 Å². The van der Waals surface area contributed by atoms with E-state index in [-0.39, 0.29) is 12.5 Å². The number of carbonyl (C=O) groups excluding carboxylic acids is 1. The van der Waals surface area contributed by atoms with Crippen molar-refractivity contribution in [2.24, 2.45) is 0 Å². The van der Waals surface area contributed by atoms with Gasteiger partial charge in [0.15, 0.2) is 10.3 Å². The number of pyridine rings is 1. The highest BCUT2D eigenvalue weighted by Gasteiger charge is 2.15. The summed E-state index contributed by atoms with van der Waals surface area (Å²) >= 11 is 3.01. The highest BCUT2D eigenvalue weighted by atomic mass is 32.1. The highest BCUT2D eigenvalue weighted by molar-refractivity contribution is 7.22. The summed E-state index contributed by atoms with van der Waals surface area (Å²) in [6.45, 7) is 4.35. The van der Waals surface area contributed by atoms with E-state index in [2.05, 4.69) is 41.3 Å². The number of amides is 1. The molecule has 0 atom stereocenters. The van der Waals surface area contributed by atoms with Crippen LogP contribution in [0.4, 0.5) is 10.3 Å². The molecule has 0 aliphatic carbocycles. The van der Waals surface area contributed by atoms with Crippen LogP contribution in [0.15, 0.2) is 42.0 Å². The number of fused-ring (bicyclic) bond motifs is 1. The first-order valence-electron chi connectivity index (χ1n) is 8.75. The van der Waals surface area contributed by atoms with Gasteiger partial charge in [0.05, 0.1) is 22.5 Å². The number of aryl methyl sites for hydroxylation is 2. The lowest BCUT2D eigenvalue weighted by Gasteiger charge is -2.14. The third-order valence-electron chi connectivity index (χ3n) is 4.35. The van der Waals surface area contributed by atoms with E-state index in [1.54, 1.807) is 23.7 Å². The fourth-order valence-electron chi connectivity index (χ4n) is 2.83. The van der Waals surface area contributed by atoms with Crippen LogP contribution in [0, 0.1) is 13.8 Å². The molecule has 6 nitrogen and oxygen atoms in total. The van der Waals surface area contributed by atoms with Crippen molar-refractivity contribution in [3.05, 3.63) is 53.2 Å². The quantitative estimate of drug-likeness (QED) is 0.525. The van der Waals surface area contributed by atoms with Crippen molar-refractivity contribution in [3.8, 4) is 11.3 Å². The van der Waals surface area contributed by atoms with E-state index in [1.807, 2.05) is 29.5 Å². The molecule has 1 aromatic carbocycles. The van der Waals surface area contributed by atoms with Gasteiger partial charge in [-0.25, -0.2) is 9.97 Å². The molecular formula is C20H19N5OS2. The summed E-state index contributed by atoms with van der Waals surface area (Å²) in [5.41, 5.74) is 5.09. The number of anilines is 2. The number of thiazole rings is 2. The van der Waals surface area contributed by atoms with Gasteiger partial charge in [0.25, 0.3) is 0 Å². The number of aromatic nitrogens is 3. The van der Waals surface area contributed by atoms with E-state index in [9.17, 15) is 4.79 Å². The smallest absolute Gasteiger partial charge is 0.245 e. The number of hydrogen-bond donors (Lipinski definition) is 1. The van der Waals surface area contributed by atoms with Crippen molar-refractivity contribution in [1.82, 2.24) is 15.0 Å². The number of carbonyl (C=O) groups is 1. The van der Waals surface area contributed by atoms with Gasteiger partial charge in [-0.1, -0.05) is 23.5 Å². The maximum atomic E-state index is 12.5. The molecule has 0 aliphatic heterocycles. The average molecular weight is 410 g/mol. The fraction of sp³-hybridized carbons (Fsp3) is 0.200. The van der Waals surface area contributed by atoms with Crippen LogP contribution in [0.2, 0.25) is 0 Å². The molecule has 0 spiro atoms. The predicted octanol–water partition coefficient (Wildman–Crippen LogP) is 4.51. The summed E-state index contributed by atoms with van der Waals surface area (Å²) in [6.07, 6.45) is 3.48. The third-order valence-corrected chi connectivity index (χ3v) is 6.41. The molecule has 0 fully saturated rings. The topological polar surface area (TPSA) is 71.0 Å². The second kappa shape index (κ2) is 7.65. The van der Waals surface area contributed by atoms with Crippen LogP contribution in [0.25, 0.3) is 21.5 Å². The van der Waals surface area contributed by atoms with Crippen LogP contribution < -0.4 is 10.2 Å². The second-order valence-electron chi connectivity index (χ2n) is 6.56. The van der Waals surface area contributed by atoms with Crippen LogP contribution in [0.5, 0.6) is 0 Å². The molecule has 0 radical (unpaired) electrons. The van der Waals surface area contributed by atoms with Gasteiger partial charge in [-0.05, 0) is 37.1 Å². The zero-order chi connectivity index (χ0) is 19.7. The summed E-state index contributed by atoms with van der Waals surface area (Å²) in [7, 11) is 1.88. The number of likely N-dealkylation sites (N-methyl/N-ethyl adjacent to an activating group) is 1. The Kier molecular flexibility index (Phi) is 5.06. The Morgan fingerprint density at radius 1 is 1.18 bits per heavy atom. The van der Waals surface area contributed by atoms with Gasteiger partial charge >= 0.3 is 0 Å². The molecule has 0 unspecified atom stereocenters. The molecule has 0 bridgehead atoms. The monoisotopic (exact) mass is 409 g/mol. The number of benzene rings is 1. The number of hydrogen-bond acceptors (Lipinski definition) is 7. The summed E-state index contributed by atoms with van der Waals surface area (Å²) in [5, 5.41) is 6.19. The molecule has 1 N–H and O–H groups in total. The van der Waals surface area contributed by atoms with Gasteiger partial charge in [-0.3, -0.25) is 9.78 Å². The lowest BCUT2D eigenvalue weighted by molar-refractivity contribution is -0.114. The van der Waals surface area contributed by atoms with Crippen molar-refractivity contribution in [2.75, 3.05) is 23.8 Å². The molecular weight excluding hydrogens is 390 g/mol. The van der Waals surface area contributed by atoms with Gasteiger partial charge in [-0.2, -0.15) is 0 Å². The Bertz CT molecular complexity index is 1100. The van der Waals surface area contributed by atoms with Gasteiger partial charge in [-0.15, -0.1) is 11.3 Å². The van der Waals surface area contributed by atoms with E-state index < -0.39 is 0 Å². The van der Waals surface area contributed by atoms with Crippen LogP contribution in [0.3, 0.4) is 0 Å². The molecule has 1 amide bonds. The minimum absolute atomic E-state index is 0.123. The maximum absolute atomic E-state index is 12.5. The lowest BCUT2D eigenvalue weighted by Crippen LogP contribution is -2.29. The van der Waals surface area contributed by atoms with Crippen molar-refractivity contribution in [1.29, 1.82) is 0 Å². The first-order chi connectivity index (χ1) is 13.5. The Morgan fingerprint density at radius 3 is 2.75 bits per heavy atom. The zero-order valence-corrected chi connectivity index (χ0v) is 17.4. The standard InChI is InChI=1S/C20H19N5OS2/c1-12-6-7-13(2)18-17(12)24-20(28-18)25(3)10-16(26)23-19-22-15(11-27-19)14-5-4-8-21-9-14/h4-9,11H,10H2,1-3H3,(H,22,23,26). The van der Waals surface area contributed by atoms with Crippen molar-refractivity contribution in [2.45, 2.75) is 13.8 Å². The number of nitrogens with zero attached hydrogens (tertiary/aromatic N) is 4. The summed E-state index contributed by atoms with van der Waals surface area (Å²) < 4.78 is 1.17. The van der Waals surface area contributed by atoms with E-state index in [4.69, 9.17) is 4.98 Å². The molecule has 4 aromatic rings. The van der Waals surface area contributed by atoms with Crippen LogP contribution in [-0.2, 0) is 4.79 Å². The number of nitrogens with one attached hydrogen (secondary N) is 1. The van der Waals surface area contributed by atoms with Crippen LogP contribution in [0.1, 0.15) is 11.1 Å². The van der Waals surface area contributed by atoms with Gasteiger partial charge in [0.1, 0.15) is 0 Å². The van der Waals surface area contributed by atoms with E-state index >= 15 is 0 Å². The van der Waals surface area contributed by atoms with Crippen LogP contribution in [-0.4, -0.2) is 34.5 Å². The Morgan fingerprint density at radius 2 is 2.00 bits per heavy atom. The average Bonchev–Trinajstić information content (AvgIpc) is 3.33. The molecule has 142 valence electrons. The first kappa shape index (κ1) is 18.5. The van der Waals surface area contributed by atoms with E-state index in [1.165, 1.54) is 21.6 Å². The Labute approximate surface area is 170 Å². The molecule has 8 heteroatoms. The zero-order valence-electron chi connectivity index (χ0n) is 15.8. The predicted molar refractivity (Wildman–Crippen MR) is 116 cm³/mol. The summed E-state index contributed by atoms with van der Waals surface area (Å²) in [6, 6.07) is 7.99. The Hall–Kier alpha value is -2.84. The van der Waals surface area contributed by atoms with Gasteiger partial charge in [0.2, 0.25) is 5.91 Å². The first-order valence-corrected chi connectivity index (χ1v) is 10.4. The van der Waals surface area contributed by atoms with Gasteiger partial charge < -0.3 is 10.2 Å². The number of rotatable bonds is 5. The molecule has 0 saturated heterocycles. The summed E-state index contributed by atoms with van der Waals surface area (Å²) in [4.78, 5) is 27.6. The fourth-order valence-corrected chi connectivity index (χ4v) is 4.64. The summed E-state index contributed by atoms with van der Waals surface area (Å²) in [5.74, 6) is -0.123. The van der Waals surface area contributed by atoms with Crippen molar-refractivity contribution >= 4 is 49.1 Å². The minimum Gasteiger partial charge on any atom is -0.342 e. The van der Waals surface area contributed by atoms with Crippen LogP contribution >= 0.6 is 22.7 Å². The molecule has 3 aromatic heterocycles. The normalized spacial score (nSPS) is 11.0. The van der Waals surface area contributed by atoms with Gasteiger partial charge in [0, 0.05) is 30.4 Å². The SMILES string of the molecule is Cc1ccc(C)c2sc(N(C)CC(=O)Nc3nc(-c4cccnc4)cs3)nc12. The molecule has 0 saturated carbocycles. The third kappa shape index (κ3) is 3.74.